The van der Waals surface area contributed by atoms with E-state index >= 15 is 0 Å². The molecule has 6 aliphatic heterocycles. The van der Waals surface area contributed by atoms with Crippen molar-refractivity contribution < 1.29 is 4.74 Å². The maximum absolute atomic E-state index is 5.40. The minimum absolute atomic E-state index is 0.582. The highest BCUT2D eigenvalue weighted by Crippen LogP contribution is 2.29. The van der Waals surface area contributed by atoms with Crippen LogP contribution in [0.1, 0.15) is 12.8 Å². The summed E-state index contributed by atoms with van der Waals surface area (Å²) >= 11 is 0. The molecule has 0 spiro atoms. The van der Waals surface area contributed by atoms with E-state index in [4.69, 9.17) is 4.74 Å². The van der Waals surface area contributed by atoms with E-state index in [0.717, 1.165) is 25.2 Å². The van der Waals surface area contributed by atoms with Gasteiger partial charge in [-0.1, -0.05) is 0 Å². The van der Waals surface area contributed by atoms with E-state index in [1.807, 2.05) is 0 Å². The molecule has 4 nitrogen and oxygen atoms in total. The fourth-order valence-corrected chi connectivity index (χ4v) is 3.57. The first-order chi connectivity index (χ1) is 8.11. The Kier molecular flexibility index (Phi) is 3.15. The fraction of sp³-hybridized carbons (Fsp3) is 1.00. The summed E-state index contributed by atoms with van der Waals surface area (Å²) in [5.74, 6) is 0. The van der Waals surface area contributed by atoms with Crippen LogP contribution in [0.4, 0.5) is 0 Å². The van der Waals surface area contributed by atoms with Gasteiger partial charge in [-0.25, -0.2) is 0 Å². The first kappa shape index (κ1) is 11.9. The fourth-order valence-electron chi connectivity index (χ4n) is 3.57. The van der Waals surface area contributed by atoms with Crippen molar-refractivity contribution in [3.8, 4) is 0 Å². The highest BCUT2D eigenvalue weighted by atomic mass is 16.5. The number of likely N-dealkylation sites (N-methyl/N-ethyl adjacent to an activating group) is 3. The van der Waals surface area contributed by atoms with Crippen LogP contribution in [0.15, 0.2) is 0 Å². The minimum Gasteiger partial charge on any atom is -0.372 e. The average Bonchev–Trinajstić information content (AvgIpc) is 2.27. The summed E-state index contributed by atoms with van der Waals surface area (Å²) in [7, 11) is 6.61. The molecule has 6 rings (SSSR count). The first-order valence-electron chi connectivity index (χ1n) is 6.86. The lowest BCUT2D eigenvalue weighted by Gasteiger charge is -2.54. The number of hydrogen-bond acceptors (Lipinski definition) is 4. The second kappa shape index (κ2) is 4.50. The van der Waals surface area contributed by atoms with E-state index in [0.29, 0.717) is 12.2 Å². The van der Waals surface area contributed by atoms with E-state index < -0.39 is 0 Å². The van der Waals surface area contributed by atoms with Crippen molar-refractivity contribution in [1.82, 2.24) is 14.7 Å². The van der Waals surface area contributed by atoms with Crippen molar-refractivity contribution in [2.45, 2.75) is 37.1 Å². The highest BCUT2D eigenvalue weighted by Gasteiger charge is 2.40. The summed E-state index contributed by atoms with van der Waals surface area (Å²) in [6.07, 6.45) is 3.92. The van der Waals surface area contributed by atoms with Crippen molar-refractivity contribution in [3.05, 3.63) is 0 Å². The lowest BCUT2D eigenvalue weighted by Crippen LogP contribution is -2.66. The third-order valence-corrected chi connectivity index (χ3v) is 4.68. The molecule has 4 heteroatoms. The Morgan fingerprint density at radius 2 is 1.24 bits per heavy atom. The summed E-state index contributed by atoms with van der Waals surface area (Å²) in [4.78, 5) is 7.27. The van der Waals surface area contributed by atoms with E-state index in [1.54, 1.807) is 0 Å². The molecule has 6 heterocycles. The number of piperidine rings is 2. The highest BCUT2D eigenvalue weighted by molar-refractivity contribution is 4.97. The van der Waals surface area contributed by atoms with Crippen molar-refractivity contribution in [1.29, 1.82) is 0 Å². The van der Waals surface area contributed by atoms with Crippen molar-refractivity contribution in [3.63, 3.8) is 0 Å². The van der Waals surface area contributed by atoms with Crippen LogP contribution in [0.5, 0.6) is 0 Å². The third kappa shape index (κ3) is 2.36. The predicted molar refractivity (Wildman–Crippen MR) is 68.2 cm³/mol. The van der Waals surface area contributed by atoms with Crippen LogP contribution in [0.3, 0.4) is 0 Å². The number of nitrogens with zero attached hydrogens (tertiary/aromatic N) is 3. The SMILES string of the molecule is CN1CC2CC(C1)N2C.CN1CC2CC(C1)O2. The summed E-state index contributed by atoms with van der Waals surface area (Å²) < 4.78 is 5.40. The van der Waals surface area contributed by atoms with Gasteiger partial charge in [-0.15, -0.1) is 0 Å². The lowest BCUT2D eigenvalue weighted by molar-refractivity contribution is -0.175. The van der Waals surface area contributed by atoms with Gasteiger partial charge in [-0.3, -0.25) is 4.90 Å². The molecule has 0 aromatic carbocycles. The summed E-state index contributed by atoms with van der Waals surface area (Å²) in [6.45, 7) is 4.87. The summed E-state index contributed by atoms with van der Waals surface area (Å²) in [5, 5.41) is 0. The predicted octanol–water partition coefficient (Wildman–Crippen LogP) is 0.0938. The van der Waals surface area contributed by atoms with Gasteiger partial charge in [0.2, 0.25) is 0 Å². The largest absolute Gasteiger partial charge is 0.372 e. The zero-order chi connectivity index (χ0) is 12.0. The second-order valence-electron chi connectivity index (χ2n) is 6.27. The summed E-state index contributed by atoms with van der Waals surface area (Å²) in [5.41, 5.74) is 0. The number of rotatable bonds is 0. The second-order valence-corrected chi connectivity index (χ2v) is 6.27. The van der Waals surface area contributed by atoms with Crippen LogP contribution < -0.4 is 0 Å². The van der Waals surface area contributed by atoms with Crippen LogP contribution in [0.25, 0.3) is 0 Å². The quantitative estimate of drug-likeness (QED) is 0.596. The number of ether oxygens (including phenoxy) is 1. The van der Waals surface area contributed by atoms with E-state index in [-0.39, 0.29) is 0 Å². The Bertz CT molecular complexity index is 258. The molecule has 4 unspecified atom stereocenters. The van der Waals surface area contributed by atoms with Crippen LogP contribution in [0.2, 0.25) is 0 Å². The Labute approximate surface area is 104 Å². The lowest BCUT2D eigenvalue weighted by atomic mass is 9.89. The Morgan fingerprint density at radius 1 is 0.765 bits per heavy atom. The molecule has 4 atom stereocenters. The Hall–Kier alpha value is -0.160. The van der Waals surface area contributed by atoms with Gasteiger partial charge in [0.05, 0.1) is 12.2 Å². The third-order valence-electron chi connectivity index (χ3n) is 4.68. The Balaban J connectivity index is 0.000000107. The monoisotopic (exact) mass is 239 g/mol. The topological polar surface area (TPSA) is 19.0 Å². The van der Waals surface area contributed by atoms with E-state index in [2.05, 4.69) is 35.8 Å². The molecule has 0 N–H and O–H groups in total. The molecular formula is C13H25N3O. The van der Waals surface area contributed by atoms with Gasteiger partial charge in [0, 0.05) is 44.7 Å². The minimum atomic E-state index is 0.582. The zero-order valence-electron chi connectivity index (χ0n) is 11.3. The molecule has 0 aromatic heterocycles. The maximum Gasteiger partial charge on any atom is 0.0731 e. The molecule has 17 heavy (non-hydrogen) atoms. The number of fused-ring (bicyclic) bond motifs is 4. The van der Waals surface area contributed by atoms with Crippen LogP contribution in [-0.4, -0.2) is 86.3 Å². The van der Waals surface area contributed by atoms with Gasteiger partial charge in [0.25, 0.3) is 0 Å². The molecule has 6 saturated heterocycles. The van der Waals surface area contributed by atoms with Crippen molar-refractivity contribution >= 4 is 0 Å². The van der Waals surface area contributed by atoms with E-state index in [9.17, 15) is 0 Å². The van der Waals surface area contributed by atoms with Crippen LogP contribution in [0, 0.1) is 0 Å². The molecule has 0 aromatic rings. The molecule has 4 bridgehead atoms. The molecule has 0 radical (unpaired) electrons. The molecule has 6 fully saturated rings. The standard InChI is InChI=1S/C7H14N2.C6H11NO/c1-8-4-6-3-7(5-8)9(6)2;1-7-3-5-2-6(4-7)8-5/h6-7H,3-5H2,1-2H3;5-6H,2-4H2,1H3. The molecule has 0 saturated carbocycles. The van der Waals surface area contributed by atoms with Gasteiger partial charge in [-0.2, -0.15) is 0 Å². The van der Waals surface area contributed by atoms with Crippen LogP contribution >= 0.6 is 0 Å². The van der Waals surface area contributed by atoms with Crippen molar-refractivity contribution in [2.24, 2.45) is 0 Å². The van der Waals surface area contributed by atoms with Gasteiger partial charge in [-0.05, 0) is 27.6 Å². The number of morpholine rings is 1. The van der Waals surface area contributed by atoms with Gasteiger partial charge < -0.3 is 14.5 Å². The molecule has 6 aliphatic rings. The number of hydrogen-bond donors (Lipinski definition) is 0. The summed E-state index contributed by atoms with van der Waals surface area (Å²) in [6, 6.07) is 1.77. The van der Waals surface area contributed by atoms with Gasteiger partial charge in [0.15, 0.2) is 0 Å². The smallest absolute Gasteiger partial charge is 0.0731 e. The first-order valence-corrected chi connectivity index (χ1v) is 6.86. The van der Waals surface area contributed by atoms with Gasteiger partial charge >= 0.3 is 0 Å². The molecule has 98 valence electrons. The van der Waals surface area contributed by atoms with Crippen molar-refractivity contribution in [2.75, 3.05) is 47.3 Å². The average molecular weight is 239 g/mol. The zero-order valence-corrected chi connectivity index (χ0v) is 11.3. The maximum atomic E-state index is 5.40. The molecular weight excluding hydrogens is 214 g/mol. The molecule has 0 aliphatic carbocycles. The Morgan fingerprint density at radius 3 is 1.53 bits per heavy atom. The molecule has 0 amide bonds. The van der Waals surface area contributed by atoms with E-state index in [1.165, 1.54) is 25.9 Å². The van der Waals surface area contributed by atoms with Crippen LogP contribution in [-0.2, 0) is 4.74 Å². The normalized spacial score (nSPS) is 45.4. The van der Waals surface area contributed by atoms with Gasteiger partial charge in [0.1, 0.15) is 0 Å². The number of piperazine rings is 1.